The lowest BCUT2D eigenvalue weighted by atomic mass is 10.1. The Hall–Kier alpha value is -2.38. The molecule has 0 N–H and O–H groups in total. The monoisotopic (exact) mass is 392 g/mol. The van der Waals surface area contributed by atoms with E-state index in [1.54, 1.807) is 24.3 Å². The van der Waals surface area contributed by atoms with Crippen molar-refractivity contribution in [2.75, 3.05) is 31.1 Å². The molecule has 1 saturated heterocycles. The fraction of sp³-hybridized carbons (Fsp3) is 0.550. The Morgan fingerprint density at radius 3 is 2.46 bits per heavy atom. The molecule has 150 valence electrons. The number of aromatic nitrogens is 2. The normalized spacial score (nSPS) is 19.2. The molecule has 0 spiro atoms. The van der Waals surface area contributed by atoms with E-state index in [1.165, 1.54) is 0 Å². The van der Waals surface area contributed by atoms with Crippen molar-refractivity contribution in [2.45, 2.75) is 38.3 Å². The van der Waals surface area contributed by atoms with Crippen LogP contribution in [0.2, 0.25) is 0 Å². The molecule has 1 aromatic carbocycles. The van der Waals surface area contributed by atoms with Gasteiger partial charge < -0.3 is 9.80 Å². The number of halogens is 3. The maximum atomic E-state index is 13.3. The van der Waals surface area contributed by atoms with Gasteiger partial charge in [0.05, 0.1) is 5.52 Å². The summed E-state index contributed by atoms with van der Waals surface area (Å²) < 4.78 is 39.9. The number of carbonyl (C=O) groups is 1. The zero-order valence-electron chi connectivity index (χ0n) is 15.6. The molecule has 28 heavy (non-hydrogen) atoms. The summed E-state index contributed by atoms with van der Waals surface area (Å²) >= 11 is 0. The summed E-state index contributed by atoms with van der Waals surface area (Å²) in [6, 6.07) is 6.76. The second-order valence-corrected chi connectivity index (χ2v) is 7.53. The molecule has 2 aromatic rings. The summed E-state index contributed by atoms with van der Waals surface area (Å²) in [6.45, 7) is 2.18. The van der Waals surface area contributed by atoms with Crippen LogP contribution in [-0.2, 0) is 11.0 Å². The molecule has 1 aliphatic carbocycles. The van der Waals surface area contributed by atoms with E-state index >= 15 is 0 Å². The summed E-state index contributed by atoms with van der Waals surface area (Å²) in [7, 11) is 0. The minimum atomic E-state index is -4.60. The van der Waals surface area contributed by atoms with Gasteiger partial charge in [0.15, 0.2) is 0 Å². The van der Waals surface area contributed by atoms with Crippen LogP contribution in [0.4, 0.5) is 19.0 Å². The number of amides is 1. The highest BCUT2D eigenvalue weighted by atomic mass is 19.4. The lowest BCUT2D eigenvalue weighted by Gasteiger charge is -2.25. The predicted molar refractivity (Wildman–Crippen MR) is 99.9 cm³/mol. The Balaban J connectivity index is 1.60. The standard InChI is InChI=1S/C20H23F3N4O/c21-20(22,23)19-24-16-9-4-3-8-15(16)17(25-19)26-10-5-11-27(13-12-26)18(28)14-6-1-2-7-14/h3-4,8-9,14H,1-2,5-7,10-13H2. The van der Waals surface area contributed by atoms with E-state index in [9.17, 15) is 18.0 Å². The van der Waals surface area contributed by atoms with E-state index in [-0.39, 0.29) is 17.3 Å². The van der Waals surface area contributed by atoms with Crippen LogP contribution in [0, 0.1) is 5.92 Å². The van der Waals surface area contributed by atoms with Crippen molar-refractivity contribution in [3.8, 4) is 0 Å². The van der Waals surface area contributed by atoms with Crippen LogP contribution < -0.4 is 4.90 Å². The van der Waals surface area contributed by atoms with Crippen molar-refractivity contribution in [3.05, 3.63) is 30.1 Å². The maximum Gasteiger partial charge on any atom is 0.451 e. The third-order valence-corrected chi connectivity index (χ3v) is 5.65. The summed E-state index contributed by atoms with van der Waals surface area (Å²) in [5.41, 5.74) is 0.281. The first-order valence-corrected chi connectivity index (χ1v) is 9.81. The number of benzene rings is 1. The number of rotatable bonds is 2. The van der Waals surface area contributed by atoms with Crippen LogP contribution >= 0.6 is 0 Å². The van der Waals surface area contributed by atoms with Crippen molar-refractivity contribution >= 4 is 22.6 Å². The molecule has 1 aromatic heterocycles. The first-order valence-electron chi connectivity index (χ1n) is 9.81. The Bertz CT molecular complexity index is 864. The first-order chi connectivity index (χ1) is 13.4. The van der Waals surface area contributed by atoms with Crippen LogP contribution in [0.5, 0.6) is 0 Å². The van der Waals surface area contributed by atoms with Gasteiger partial charge in [0.1, 0.15) is 5.82 Å². The third-order valence-electron chi connectivity index (χ3n) is 5.65. The molecular formula is C20H23F3N4O. The molecule has 2 aliphatic rings. The topological polar surface area (TPSA) is 49.3 Å². The number of para-hydroxylation sites is 1. The molecule has 5 nitrogen and oxygen atoms in total. The lowest BCUT2D eigenvalue weighted by Crippen LogP contribution is -2.38. The van der Waals surface area contributed by atoms with Gasteiger partial charge in [-0.25, -0.2) is 9.97 Å². The van der Waals surface area contributed by atoms with Gasteiger partial charge in [-0.3, -0.25) is 4.79 Å². The third kappa shape index (κ3) is 3.77. The zero-order chi connectivity index (χ0) is 19.7. The first kappa shape index (κ1) is 19.0. The second kappa shape index (κ2) is 7.56. The van der Waals surface area contributed by atoms with Crippen molar-refractivity contribution < 1.29 is 18.0 Å². The Kier molecular flexibility index (Phi) is 5.12. The molecule has 0 unspecified atom stereocenters. The highest BCUT2D eigenvalue weighted by Crippen LogP contribution is 2.32. The largest absolute Gasteiger partial charge is 0.451 e. The SMILES string of the molecule is O=C(C1CCCC1)N1CCCN(c2nc(C(F)(F)F)nc3ccccc23)CC1. The number of carbonyl (C=O) groups excluding carboxylic acids is 1. The van der Waals surface area contributed by atoms with Gasteiger partial charge in [0, 0.05) is 37.5 Å². The average molecular weight is 392 g/mol. The van der Waals surface area contributed by atoms with Crippen LogP contribution in [0.1, 0.15) is 37.9 Å². The van der Waals surface area contributed by atoms with Gasteiger partial charge in [0.25, 0.3) is 0 Å². The zero-order valence-corrected chi connectivity index (χ0v) is 15.6. The van der Waals surface area contributed by atoms with Crippen LogP contribution in [0.15, 0.2) is 24.3 Å². The number of alkyl halides is 3. The molecule has 1 saturated carbocycles. The Morgan fingerprint density at radius 1 is 0.964 bits per heavy atom. The maximum absolute atomic E-state index is 13.3. The number of fused-ring (bicyclic) bond motifs is 1. The second-order valence-electron chi connectivity index (χ2n) is 7.53. The van der Waals surface area contributed by atoms with Crippen molar-refractivity contribution in [2.24, 2.45) is 5.92 Å². The highest BCUT2D eigenvalue weighted by Gasteiger charge is 2.36. The predicted octanol–water partition coefficient (Wildman–Crippen LogP) is 3.88. The number of anilines is 1. The smallest absolute Gasteiger partial charge is 0.354 e. The van der Waals surface area contributed by atoms with Gasteiger partial charge in [-0.1, -0.05) is 25.0 Å². The fourth-order valence-electron chi connectivity index (χ4n) is 4.21. The number of nitrogens with zero attached hydrogens (tertiary/aromatic N) is 4. The van der Waals surface area contributed by atoms with Gasteiger partial charge in [-0.2, -0.15) is 13.2 Å². The van der Waals surface area contributed by atoms with Gasteiger partial charge in [-0.05, 0) is 31.4 Å². The Morgan fingerprint density at radius 2 is 1.71 bits per heavy atom. The molecule has 2 heterocycles. The molecule has 8 heteroatoms. The average Bonchev–Trinajstić information content (AvgIpc) is 3.11. The van der Waals surface area contributed by atoms with E-state index in [0.717, 1.165) is 25.7 Å². The van der Waals surface area contributed by atoms with Gasteiger partial charge >= 0.3 is 6.18 Å². The fourth-order valence-corrected chi connectivity index (χ4v) is 4.21. The van der Waals surface area contributed by atoms with E-state index in [2.05, 4.69) is 9.97 Å². The molecule has 0 atom stereocenters. The van der Waals surface area contributed by atoms with Crippen molar-refractivity contribution in [1.82, 2.24) is 14.9 Å². The number of hydrogen-bond donors (Lipinski definition) is 0. The molecule has 1 amide bonds. The quantitative estimate of drug-likeness (QED) is 0.778. The summed E-state index contributed by atoms with van der Waals surface area (Å²) in [5, 5.41) is 0.603. The Labute approximate surface area is 161 Å². The van der Waals surface area contributed by atoms with E-state index in [4.69, 9.17) is 0 Å². The lowest BCUT2D eigenvalue weighted by molar-refractivity contribution is -0.144. The van der Waals surface area contributed by atoms with E-state index < -0.39 is 12.0 Å². The highest BCUT2D eigenvalue weighted by molar-refractivity contribution is 5.89. The van der Waals surface area contributed by atoms with Crippen LogP contribution in [0.25, 0.3) is 10.9 Å². The van der Waals surface area contributed by atoms with Crippen molar-refractivity contribution in [3.63, 3.8) is 0 Å². The number of hydrogen-bond acceptors (Lipinski definition) is 4. The molecule has 0 bridgehead atoms. The van der Waals surface area contributed by atoms with E-state index in [1.807, 2.05) is 9.80 Å². The molecule has 2 fully saturated rings. The molecule has 1 aliphatic heterocycles. The van der Waals surface area contributed by atoms with Gasteiger partial charge in [0.2, 0.25) is 11.7 Å². The van der Waals surface area contributed by atoms with E-state index in [0.29, 0.717) is 43.8 Å². The molecule has 0 radical (unpaired) electrons. The van der Waals surface area contributed by atoms with Crippen molar-refractivity contribution in [1.29, 1.82) is 0 Å². The minimum absolute atomic E-state index is 0.114. The molecule has 4 rings (SSSR count). The minimum Gasteiger partial charge on any atom is -0.354 e. The van der Waals surface area contributed by atoms with Gasteiger partial charge in [-0.15, -0.1) is 0 Å². The van der Waals surface area contributed by atoms with Crippen LogP contribution in [-0.4, -0.2) is 47.0 Å². The summed E-state index contributed by atoms with van der Waals surface area (Å²) in [4.78, 5) is 24.0. The van der Waals surface area contributed by atoms with Crippen LogP contribution in [0.3, 0.4) is 0 Å². The molecular weight excluding hydrogens is 369 g/mol. The summed E-state index contributed by atoms with van der Waals surface area (Å²) in [5.74, 6) is -0.511. The summed E-state index contributed by atoms with van der Waals surface area (Å²) in [6.07, 6.45) is 0.204.